The molecule has 1 aromatic carbocycles. The van der Waals surface area contributed by atoms with Crippen LogP contribution in [0.3, 0.4) is 0 Å². The predicted octanol–water partition coefficient (Wildman–Crippen LogP) is 3.86. The molecule has 30 heavy (non-hydrogen) atoms. The van der Waals surface area contributed by atoms with Gasteiger partial charge in [-0.25, -0.2) is 4.98 Å². The molecule has 0 amide bonds. The molecule has 5 N–H and O–H groups in total. The van der Waals surface area contributed by atoms with E-state index in [1.807, 2.05) is 19.3 Å². The third-order valence-corrected chi connectivity index (χ3v) is 6.20. The number of anilines is 1. The van der Waals surface area contributed by atoms with E-state index in [0.717, 1.165) is 49.3 Å². The van der Waals surface area contributed by atoms with E-state index in [4.69, 9.17) is 15.9 Å². The monoisotopic (exact) mass is 405 g/mol. The summed E-state index contributed by atoms with van der Waals surface area (Å²) in [6, 6.07) is 9.28. The van der Waals surface area contributed by atoms with E-state index in [2.05, 4.69) is 33.8 Å². The molecule has 0 aliphatic carbocycles. The Labute approximate surface area is 178 Å². The molecular weight excluding hydrogens is 374 g/mol. The van der Waals surface area contributed by atoms with Crippen LogP contribution in [0.4, 0.5) is 5.82 Å². The fraction of sp³-hybridized carbons (Fsp3) is 0.417. The summed E-state index contributed by atoms with van der Waals surface area (Å²) in [5, 5.41) is 14.4. The number of nitrogen functional groups attached to an aromatic ring is 1. The van der Waals surface area contributed by atoms with Gasteiger partial charge < -0.3 is 26.5 Å². The molecule has 2 saturated heterocycles. The minimum Gasteiger partial charge on any atom is -0.393 e. The Hall–Kier alpha value is -2.70. The van der Waals surface area contributed by atoms with Crippen molar-refractivity contribution >= 4 is 17.6 Å². The van der Waals surface area contributed by atoms with Crippen molar-refractivity contribution in [3.05, 3.63) is 53.4 Å². The van der Waals surface area contributed by atoms with Crippen molar-refractivity contribution in [1.82, 2.24) is 15.6 Å². The average Bonchev–Trinajstić information content (AvgIpc) is 3.33. The molecule has 1 unspecified atom stereocenters. The molecular formula is C24H31N5O. The van der Waals surface area contributed by atoms with Crippen LogP contribution in [0.1, 0.15) is 54.3 Å². The second-order valence-corrected chi connectivity index (χ2v) is 8.07. The summed E-state index contributed by atoms with van der Waals surface area (Å²) in [6.07, 6.45) is 9.46. The van der Waals surface area contributed by atoms with Gasteiger partial charge in [-0.05, 0) is 67.0 Å². The van der Waals surface area contributed by atoms with Crippen LogP contribution in [-0.2, 0) is 4.74 Å². The number of nitrogens with two attached hydrogens (primary N) is 1. The van der Waals surface area contributed by atoms with Crippen LogP contribution < -0.4 is 16.4 Å². The normalized spacial score (nSPS) is 20.3. The van der Waals surface area contributed by atoms with Crippen LogP contribution in [0.15, 0.2) is 36.7 Å². The number of pyridine rings is 1. The maximum atomic E-state index is 7.73. The quantitative estimate of drug-likeness (QED) is 0.547. The maximum Gasteiger partial charge on any atom is 0.131 e. The second kappa shape index (κ2) is 9.41. The molecule has 2 aromatic rings. The molecule has 2 aliphatic rings. The lowest BCUT2D eigenvalue weighted by molar-refractivity contribution is 0.0851. The van der Waals surface area contributed by atoms with Crippen LogP contribution >= 0.6 is 0 Å². The lowest BCUT2D eigenvalue weighted by Crippen LogP contribution is -2.19. The van der Waals surface area contributed by atoms with Gasteiger partial charge in [-0.2, -0.15) is 0 Å². The number of aromatic nitrogens is 1. The van der Waals surface area contributed by atoms with E-state index >= 15 is 0 Å². The van der Waals surface area contributed by atoms with Gasteiger partial charge in [0.1, 0.15) is 5.82 Å². The topological polar surface area (TPSA) is 96.0 Å². The van der Waals surface area contributed by atoms with Gasteiger partial charge in [-0.1, -0.05) is 12.1 Å². The first-order valence-electron chi connectivity index (χ1n) is 10.8. The van der Waals surface area contributed by atoms with Crippen molar-refractivity contribution in [2.45, 2.75) is 37.6 Å². The zero-order chi connectivity index (χ0) is 20.9. The molecule has 1 atom stereocenters. The summed E-state index contributed by atoms with van der Waals surface area (Å²) >= 11 is 0. The summed E-state index contributed by atoms with van der Waals surface area (Å²) in [7, 11) is 1.81. The SMILES string of the molecule is CN/C=C(\C=N)c1cc(-c2ccc(C3CCOCC3)c(C3CCCN3)c2)cnc1N. The Balaban J connectivity index is 1.75. The van der Waals surface area contributed by atoms with Crippen molar-refractivity contribution in [3.8, 4) is 11.1 Å². The first kappa shape index (κ1) is 20.6. The van der Waals surface area contributed by atoms with E-state index in [1.165, 1.54) is 30.2 Å². The maximum absolute atomic E-state index is 7.73. The molecule has 4 rings (SSSR count). The largest absolute Gasteiger partial charge is 0.393 e. The molecule has 0 spiro atoms. The molecule has 3 heterocycles. The van der Waals surface area contributed by atoms with Crippen molar-refractivity contribution in [1.29, 1.82) is 5.41 Å². The smallest absolute Gasteiger partial charge is 0.131 e. The molecule has 6 heteroatoms. The van der Waals surface area contributed by atoms with Gasteiger partial charge in [0.2, 0.25) is 0 Å². The number of nitrogens with one attached hydrogen (secondary N) is 3. The van der Waals surface area contributed by atoms with Crippen molar-refractivity contribution in [3.63, 3.8) is 0 Å². The molecule has 158 valence electrons. The minimum atomic E-state index is 0.408. The lowest BCUT2D eigenvalue weighted by atomic mass is 9.84. The van der Waals surface area contributed by atoms with Crippen LogP contribution in [0.25, 0.3) is 16.7 Å². The highest BCUT2D eigenvalue weighted by Crippen LogP contribution is 2.38. The van der Waals surface area contributed by atoms with E-state index in [9.17, 15) is 0 Å². The van der Waals surface area contributed by atoms with Gasteiger partial charge in [0.25, 0.3) is 0 Å². The number of allylic oxidation sites excluding steroid dienone is 1. The zero-order valence-corrected chi connectivity index (χ0v) is 17.6. The standard InChI is InChI=1S/C24H31N5O/c1-27-14-19(13-25)21-12-18(15-29-24(21)26)17-4-5-20(16-6-9-30-10-7-16)22(11-17)23-3-2-8-28-23/h4-5,11-16,23,25,27-28H,2-3,6-10H2,1H3,(H2,26,29)/b19-14+,25-13?. The fourth-order valence-corrected chi connectivity index (χ4v) is 4.60. The Kier molecular flexibility index (Phi) is 6.45. The number of nitrogens with zero attached hydrogens (tertiary/aromatic N) is 1. The molecule has 1 aromatic heterocycles. The third kappa shape index (κ3) is 4.25. The van der Waals surface area contributed by atoms with E-state index in [-0.39, 0.29) is 0 Å². The summed E-state index contributed by atoms with van der Waals surface area (Å²) in [5.74, 6) is 0.994. The summed E-state index contributed by atoms with van der Waals surface area (Å²) in [6.45, 7) is 2.77. The Morgan fingerprint density at radius 3 is 2.73 bits per heavy atom. The first-order chi connectivity index (χ1) is 14.7. The van der Waals surface area contributed by atoms with E-state index in [0.29, 0.717) is 23.4 Å². The Morgan fingerprint density at radius 2 is 2.03 bits per heavy atom. The fourth-order valence-electron chi connectivity index (χ4n) is 4.60. The molecule has 2 aliphatic heterocycles. The second-order valence-electron chi connectivity index (χ2n) is 8.07. The number of benzene rings is 1. The van der Waals surface area contributed by atoms with Crippen LogP contribution in [0.2, 0.25) is 0 Å². The van der Waals surface area contributed by atoms with Gasteiger partial charge in [0, 0.05) is 61.6 Å². The number of hydrogen-bond donors (Lipinski definition) is 4. The number of ether oxygens (including phenoxy) is 1. The van der Waals surface area contributed by atoms with Gasteiger partial charge in [-0.15, -0.1) is 0 Å². The van der Waals surface area contributed by atoms with Crippen molar-refractivity contribution in [2.24, 2.45) is 0 Å². The molecule has 0 saturated carbocycles. The number of hydrogen-bond acceptors (Lipinski definition) is 6. The van der Waals surface area contributed by atoms with Gasteiger partial charge in [0.05, 0.1) is 0 Å². The lowest BCUT2D eigenvalue weighted by Gasteiger charge is -2.27. The minimum absolute atomic E-state index is 0.408. The van der Waals surface area contributed by atoms with Crippen LogP contribution in [0, 0.1) is 5.41 Å². The first-order valence-corrected chi connectivity index (χ1v) is 10.8. The highest BCUT2D eigenvalue weighted by atomic mass is 16.5. The molecule has 6 nitrogen and oxygen atoms in total. The van der Waals surface area contributed by atoms with Crippen molar-refractivity contribution in [2.75, 3.05) is 32.5 Å². The summed E-state index contributed by atoms with van der Waals surface area (Å²) in [5.41, 5.74) is 12.6. The van der Waals surface area contributed by atoms with E-state index in [1.54, 1.807) is 6.20 Å². The van der Waals surface area contributed by atoms with Gasteiger partial charge in [0.15, 0.2) is 0 Å². The number of rotatable bonds is 6. The van der Waals surface area contributed by atoms with E-state index < -0.39 is 0 Å². The zero-order valence-electron chi connectivity index (χ0n) is 17.6. The predicted molar refractivity (Wildman–Crippen MR) is 123 cm³/mol. The molecule has 0 bridgehead atoms. The highest BCUT2D eigenvalue weighted by molar-refractivity contribution is 6.10. The summed E-state index contributed by atoms with van der Waals surface area (Å²) in [4.78, 5) is 4.42. The average molecular weight is 406 g/mol. The van der Waals surface area contributed by atoms with Gasteiger partial charge in [-0.3, -0.25) is 0 Å². The molecule has 2 fully saturated rings. The van der Waals surface area contributed by atoms with Crippen LogP contribution in [-0.4, -0.2) is 38.0 Å². The van der Waals surface area contributed by atoms with Crippen molar-refractivity contribution < 1.29 is 4.74 Å². The Bertz CT molecular complexity index is 927. The summed E-state index contributed by atoms with van der Waals surface area (Å²) < 4.78 is 5.59. The molecule has 0 radical (unpaired) electrons. The third-order valence-electron chi connectivity index (χ3n) is 6.20. The Morgan fingerprint density at radius 1 is 1.20 bits per heavy atom. The van der Waals surface area contributed by atoms with Crippen LogP contribution in [0.5, 0.6) is 0 Å². The highest BCUT2D eigenvalue weighted by Gasteiger charge is 2.25. The van der Waals surface area contributed by atoms with Gasteiger partial charge >= 0.3 is 0 Å².